The molecule has 0 unspecified atom stereocenters. The molecule has 1 aliphatic heterocycles. The summed E-state index contributed by atoms with van der Waals surface area (Å²) in [5.41, 5.74) is 2.97. The molecule has 3 aromatic rings. The first kappa shape index (κ1) is 23.1. The molecule has 0 bridgehead atoms. The number of methoxy groups -OCH3 is 3. The first-order valence-electron chi connectivity index (χ1n) is 10.9. The molecule has 33 heavy (non-hydrogen) atoms. The number of piperazine rings is 1. The zero-order valence-corrected chi connectivity index (χ0v) is 20.1. The van der Waals surface area contributed by atoms with Crippen LogP contribution in [0.15, 0.2) is 47.8 Å². The number of ether oxygens (including phenoxy) is 3. The Kier molecular flexibility index (Phi) is 7.47. The molecule has 0 N–H and O–H groups in total. The van der Waals surface area contributed by atoms with Crippen molar-refractivity contribution < 1.29 is 19.0 Å². The second kappa shape index (κ2) is 10.7. The van der Waals surface area contributed by atoms with Crippen LogP contribution in [0.1, 0.15) is 11.3 Å². The number of benzene rings is 2. The van der Waals surface area contributed by atoms with Crippen molar-refractivity contribution in [2.45, 2.75) is 13.0 Å². The maximum Gasteiger partial charge on any atom is 0.227 e. The van der Waals surface area contributed by atoms with Crippen molar-refractivity contribution in [3.63, 3.8) is 0 Å². The standard InChI is InChI=1S/C25H29N3O4S/c1-30-20-6-4-5-18(13-20)14-24(29)28-11-9-27(10-12-28)16-19-17-33-25(26-19)22-8-7-21(31-2)15-23(22)32-3/h4-8,13,15,17H,9-12,14,16H2,1-3H3. The van der Waals surface area contributed by atoms with Gasteiger partial charge in [0.1, 0.15) is 22.3 Å². The first-order chi connectivity index (χ1) is 16.1. The van der Waals surface area contributed by atoms with Crippen molar-refractivity contribution in [2.24, 2.45) is 0 Å². The molecule has 1 aliphatic rings. The Morgan fingerprint density at radius 2 is 1.73 bits per heavy atom. The molecule has 0 saturated carbocycles. The van der Waals surface area contributed by atoms with E-state index >= 15 is 0 Å². The lowest BCUT2D eigenvalue weighted by Gasteiger charge is -2.34. The normalized spacial score (nSPS) is 14.2. The minimum Gasteiger partial charge on any atom is -0.497 e. The van der Waals surface area contributed by atoms with Gasteiger partial charge in [0, 0.05) is 44.2 Å². The molecule has 2 aromatic carbocycles. The number of carbonyl (C=O) groups is 1. The Morgan fingerprint density at radius 3 is 2.45 bits per heavy atom. The predicted octanol–water partition coefficient (Wildman–Crippen LogP) is 3.72. The summed E-state index contributed by atoms with van der Waals surface area (Å²) in [6.07, 6.45) is 0.399. The highest BCUT2D eigenvalue weighted by molar-refractivity contribution is 7.13. The van der Waals surface area contributed by atoms with Gasteiger partial charge in [-0.05, 0) is 29.8 Å². The molecule has 7 nitrogen and oxygen atoms in total. The van der Waals surface area contributed by atoms with Crippen LogP contribution in [0.3, 0.4) is 0 Å². The molecular formula is C25H29N3O4S. The summed E-state index contributed by atoms with van der Waals surface area (Å²) in [4.78, 5) is 21.9. The van der Waals surface area contributed by atoms with Crippen molar-refractivity contribution in [3.8, 4) is 27.8 Å². The summed E-state index contributed by atoms with van der Waals surface area (Å²) < 4.78 is 16.1. The van der Waals surface area contributed by atoms with Gasteiger partial charge < -0.3 is 19.1 Å². The van der Waals surface area contributed by atoms with Crippen LogP contribution in [0, 0.1) is 0 Å². The third kappa shape index (κ3) is 5.64. The molecule has 1 amide bonds. The Hall–Kier alpha value is -3.10. The van der Waals surface area contributed by atoms with Crippen molar-refractivity contribution in [1.82, 2.24) is 14.8 Å². The minimum absolute atomic E-state index is 0.158. The smallest absolute Gasteiger partial charge is 0.227 e. The van der Waals surface area contributed by atoms with E-state index < -0.39 is 0 Å². The number of nitrogens with zero attached hydrogens (tertiary/aromatic N) is 3. The lowest BCUT2D eigenvalue weighted by Crippen LogP contribution is -2.48. The summed E-state index contributed by atoms with van der Waals surface area (Å²) in [6, 6.07) is 13.5. The highest BCUT2D eigenvalue weighted by Crippen LogP contribution is 2.35. The monoisotopic (exact) mass is 467 g/mol. The highest BCUT2D eigenvalue weighted by Gasteiger charge is 2.22. The Labute approximate surface area is 198 Å². The topological polar surface area (TPSA) is 64.1 Å². The minimum atomic E-state index is 0.158. The van der Waals surface area contributed by atoms with Gasteiger partial charge in [-0.3, -0.25) is 9.69 Å². The molecule has 174 valence electrons. The SMILES string of the molecule is COc1cccc(CC(=O)N2CCN(Cc3csc(-c4ccc(OC)cc4OC)n3)CC2)c1. The number of hydrogen-bond donors (Lipinski definition) is 0. The lowest BCUT2D eigenvalue weighted by atomic mass is 10.1. The van der Waals surface area contributed by atoms with Gasteiger partial charge in [0.15, 0.2) is 0 Å². The highest BCUT2D eigenvalue weighted by atomic mass is 32.1. The molecule has 0 radical (unpaired) electrons. The van der Waals surface area contributed by atoms with Crippen molar-refractivity contribution in [2.75, 3.05) is 47.5 Å². The molecule has 1 aromatic heterocycles. The van der Waals surface area contributed by atoms with Gasteiger partial charge >= 0.3 is 0 Å². The van der Waals surface area contributed by atoms with Crippen LogP contribution >= 0.6 is 11.3 Å². The number of carbonyl (C=O) groups excluding carboxylic acids is 1. The fourth-order valence-electron chi connectivity index (χ4n) is 3.93. The van der Waals surface area contributed by atoms with Gasteiger partial charge in [-0.1, -0.05) is 12.1 Å². The van der Waals surface area contributed by atoms with E-state index in [0.717, 1.165) is 71.8 Å². The second-order valence-corrected chi connectivity index (χ2v) is 8.75. The summed E-state index contributed by atoms with van der Waals surface area (Å²) in [5.74, 6) is 2.44. The van der Waals surface area contributed by atoms with E-state index in [2.05, 4.69) is 10.3 Å². The van der Waals surface area contributed by atoms with E-state index in [1.54, 1.807) is 32.7 Å². The zero-order chi connectivity index (χ0) is 23.2. The third-order valence-corrected chi connectivity index (χ3v) is 6.72. The van der Waals surface area contributed by atoms with E-state index in [9.17, 15) is 4.79 Å². The van der Waals surface area contributed by atoms with E-state index in [1.165, 1.54) is 0 Å². The molecule has 0 spiro atoms. The van der Waals surface area contributed by atoms with Gasteiger partial charge in [0.2, 0.25) is 5.91 Å². The van der Waals surface area contributed by atoms with Crippen molar-refractivity contribution in [3.05, 3.63) is 59.1 Å². The Morgan fingerprint density at radius 1 is 0.970 bits per heavy atom. The average molecular weight is 468 g/mol. The number of thiazole rings is 1. The molecular weight excluding hydrogens is 438 g/mol. The maximum absolute atomic E-state index is 12.7. The fourth-order valence-corrected chi connectivity index (χ4v) is 4.77. The van der Waals surface area contributed by atoms with E-state index in [0.29, 0.717) is 6.42 Å². The molecule has 0 atom stereocenters. The number of hydrogen-bond acceptors (Lipinski definition) is 7. The number of rotatable bonds is 8. The van der Waals surface area contributed by atoms with Crippen molar-refractivity contribution >= 4 is 17.2 Å². The van der Waals surface area contributed by atoms with E-state index in [-0.39, 0.29) is 5.91 Å². The molecule has 2 heterocycles. The lowest BCUT2D eigenvalue weighted by molar-refractivity contribution is -0.132. The predicted molar refractivity (Wildman–Crippen MR) is 129 cm³/mol. The maximum atomic E-state index is 12.7. The van der Waals surface area contributed by atoms with Crippen LogP contribution in [-0.2, 0) is 17.8 Å². The molecule has 8 heteroatoms. The quantitative estimate of drug-likeness (QED) is 0.503. The van der Waals surface area contributed by atoms with Crippen LogP contribution in [-0.4, -0.2) is 68.2 Å². The van der Waals surface area contributed by atoms with Gasteiger partial charge in [0.05, 0.1) is 39.0 Å². The van der Waals surface area contributed by atoms with Gasteiger partial charge in [-0.2, -0.15) is 0 Å². The third-order valence-electron chi connectivity index (χ3n) is 5.79. The first-order valence-corrected chi connectivity index (χ1v) is 11.8. The van der Waals surface area contributed by atoms with Gasteiger partial charge in [0.25, 0.3) is 0 Å². The van der Waals surface area contributed by atoms with E-state index in [1.807, 2.05) is 47.4 Å². The zero-order valence-electron chi connectivity index (χ0n) is 19.2. The Balaban J connectivity index is 1.32. The largest absolute Gasteiger partial charge is 0.497 e. The summed E-state index contributed by atoms with van der Waals surface area (Å²) in [5, 5.41) is 3.02. The van der Waals surface area contributed by atoms with Crippen LogP contribution in [0.2, 0.25) is 0 Å². The summed E-state index contributed by atoms with van der Waals surface area (Å²) in [6.45, 7) is 3.90. The van der Waals surface area contributed by atoms with Gasteiger partial charge in [-0.25, -0.2) is 4.98 Å². The van der Waals surface area contributed by atoms with Crippen molar-refractivity contribution in [1.29, 1.82) is 0 Å². The van der Waals surface area contributed by atoms with Gasteiger partial charge in [-0.15, -0.1) is 11.3 Å². The van der Waals surface area contributed by atoms with Crippen LogP contribution in [0.5, 0.6) is 17.2 Å². The van der Waals surface area contributed by atoms with Crippen LogP contribution < -0.4 is 14.2 Å². The fraction of sp³-hybridized carbons (Fsp3) is 0.360. The van der Waals surface area contributed by atoms with Crippen LogP contribution in [0.4, 0.5) is 0 Å². The Bertz CT molecular complexity index is 1090. The average Bonchev–Trinajstić information content (AvgIpc) is 3.32. The second-order valence-electron chi connectivity index (χ2n) is 7.90. The molecule has 1 saturated heterocycles. The van der Waals surface area contributed by atoms with Crippen LogP contribution in [0.25, 0.3) is 10.6 Å². The number of amides is 1. The molecule has 4 rings (SSSR count). The molecule has 1 fully saturated rings. The summed E-state index contributed by atoms with van der Waals surface area (Å²) >= 11 is 1.61. The van der Waals surface area contributed by atoms with E-state index in [4.69, 9.17) is 19.2 Å². The number of aromatic nitrogens is 1. The molecule has 0 aliphatic carbocycles. The summed E-state index contributed by atoms with van der Waals surface area (Å²) in [7, 11) is 4.93.